The number of carbonyl (C=O) groups is 1. The van der Waals surface area contributed by atoms with Crippen molar-refractivity contribution in [3.8, 4) is 0 Å². The molecule has 2 aromatic rings. The summed E-state index contributed by atoms with van der Waals surface area (Å²) >= 11 is 3.34. The largest absolute Gasteiger partial charge is 0.307 e. The molecule has 0 atom stereocenters. The fourth-order valence-electron chi connectivity index (χ4n) is 1.68. The third-order valence-corrected chi connectivity index (χ3v) is 3.30. The summed E-state index contributed by atoms with van der Waals surface area (Å²) in [6, 6.07) is 11.2. The highest BCUT2D eigenvalue weighted by Crippen LogP contribution is 2.16. The average molecular weight is 319 g/mol. The van der Waals surface area contributed by atoms with Crippen molar-refractivity contribution in [2.45, 2.75) is 19.8 Å². The normalized spacial score (nSPS) is 10.5. The molecule has 1 aromatic heterocycles. The minimum absolute atomic E-state index is 0.152. The van der Waals surface area contributed by atoms with E-state index in [1.54, 1.807) is 12.3 Å². The van der Waals surface area contributed by atoms with Gasteiger partial charge in [-0.2, -0.15) is 0 Å². The van der Waals surface area contributed by atoms with Crippen molar-refractivity contribution in [2.24, 2.45) is 0 Å². The molecule has 0 aliphatic carbocycles. The molecule has 0 fully saturated rings. The van der Waals surface area contributed by atoms with Crippen molar-refractivity contribution < 1.29 is 4.79 Å². The fourth-order valence-corrected chi connectivity index (χ4v) is 2.02. The molecule has 0 spiro atoms. The molecule has 98 valence electrons. The van der Waals surface area contributed by atoms with Crippen molar-refractivity contribution in [3.63, 3.8) is 0 Å². The summed E-state index contributed by atoms with van der Waals surface area (Å²) in [5, 5.41) is 2.77. The number of aromatic nitrogens is 1. The fraction of sp³-hybridized carbons (Fsp3) is 0.200. The second-order valence-corrected chi connectivity index (χ2v) is 5.51. The van der Waals surface area contributed by atoms with Gasteiger partial charge in [-0.3, -0.25) is 4.79 Å². The monoisotopic (exact) mass is 318 g/mol. The first-order chi connectivity index (χ1) is 9.06. The molecule has 3 nitrogen and oxygen atoms in total. The smallest absolute Gasteiger partial charge is 0.256 e. The summed E-state index contributed by atoms with van der Waals surface area (Å²) in [6.45, 7) is 4.25. The number of benzene rings is 1. The minimum Gasteiger partial charge on any atom is -0.307 e. The number of carbonyl (C=O) groups excluding carboxylic acids is 1. The summed E-state index contributed by atoms with van der Waals surface area (Å²) in [7, 11) is 0. The lowest BCUT2D eigenvalue weighted by Gasteiger charge is -2.07. The Morgan fingerprint density at radius 2 is 1.89 bits per heavy atom. The number of hydrogen-bond donors (Lipinski definition) is 1. The van der Waals surface area contributed by atoms with Gasteiger partial charge >= 0.3 is 0 Å². The molecule has 0 bridgehead atoms. The quantitative estimate of drug-likeness (QED) is 0.920. The summed E-state index contributed by atoms with van der Waals surface area (Å²) < 4.78 is 0.882. The van der Waals surface area contributed by atoms with Crippen LogP contribution in [0.3, 0.4) is 0 Å². The van der Waals surface area contributed by atoms with Crippen LogP contribution in [0, 0.1) is 0 Å². The molecule has 2 rings (SSSR count). The van der Waals surface area contributed by atoms with Crippen LogP contribution >= 0.6 is 15.9 Å². The Balaban J connectivity index is 2.11. The van der Waals surface area contributed by atoms with E-state index in [1.807, 2.05) is 30.3 Å². The van der Waals surface area contributed by atoms with Gasteiger partial charge in [-0.1, -0.05) is 41.9 Å². The molecule has 1 N–H and O–H groups in total. The van der Waals surface area contributed by atoms with E-state index in [4.69, 9.17) is 0 Å². The van der Waals surface area contributed by atoms with Crippen LogP contribution in [0.2, 0.25) is 0 Å². The van der Waals surface area contributed by atoms with E-state index in [9.17, 15) is 4.79 Å². The summed E-state index contributed by atoms with van der Waals surface area (Å²) in [5.41, 5.74) is 1.85. The van der Waals surface area contributed by atoms with Crippen molar-refractivity contribution >= 4 is 27.7 Å². The summed E-state index contributed by atoms with van der Waals surface area (Å²) in [6.07, 6.45) is 1.64. The van der Waals surface area contributed by atoms with Crippen molar-refractivity contribution in [1.29, 1.82) is 0 Å². The van der Waals surface area contributed by atoms with Crippen LogP contribution in [0.15, 0.2) is 47.1 Å². The Morgan fingerprint density at radius 3 is 2.47 bits per heavy atom. The van der Waals surface area contributed by atoms with Gasteiger partial charge in [0.15, 0.2) is 0 Å². The molecule has 0 saturated carbocycles. The molecule has 0 aliphatic rings. The predicted octanol–water partition coefficient (Wildman–Crippen LogP) is 4.22. The molecule has 1 amide bonds. The number of amides is 1. The third kappa shape index (κ3) is 3.64. The predicted molar refractivity (Wildman–Crippen MR) is 80.4 cm³/mol. The zero-order chi connectivity index (χ0) is 13.8. The Hall–Kier alpha value is -1.68. The highest BCUT2D eigenvalue weighted by Gasteiger charge is 2.07. The summed E-state index contributed by atoms with van der Waals surface area (Å²) in [4.78, 5) is 16.1. The Bertz CT molecular complexity index is 579. The zero-order valence-electron chi connectivity index (χ0n) is 10.9. The van der Waals surface area contributed by atoms with Gasteiger partial charge in [0.1, 0.15) is 5.82 Å². The van der Waals surface area contributed by atoms with Gasteiger partial charge in [0, 0.05) is 16.2 Å². The number of nitrogens with one attached hydrogen (secondary N) is 1. The third-order valence-electron chi connectivity index (χ3n) is 2.80. The van der Waals surface area contributed by atoms with Crippen LogP contribution in [0.5, 0.6) is 0 Å². The van der Waals surface area contributed by atoms with Gasteiger partial charge in [-0.15, -0.1) is 0 Å². The molecule has 4 heteroatoms. The molecule has 1 aromatic carbocycles. The maximum atomic E-state index is 12.0. The number of pyridine rings is 1. The van der Waals surface area contributed by atoms with Gasteiger partial charge < -0.3 is 5.32 Å². The maximum absolute atomic E-state index is 12.0. The SMILES string of the molecule is CC(C)c1ccc(C(=O)Nc2cc(Br)ccn2)cc1. The van der Waals surface area contributed by atoms with Crippen molar-refractivity contribution in [1.82, 2.24) is 4.98 Å². The Morgan fingerprint density at radius 1 is 1.21 bits per heavy atom. The van der Waals surface area contributed by atoms with Gasteiger partial charge in [0.05, 0.1) is 0 Å². The van der Waals surface area contributed by atoms with E-state index in [0.717, 1.165) is 4.47 Å². The van der Waals surface area contributed by atoms with Gasteiger partial charge in [0.2, 0.25) is 0 Å². The molecule has 0 unspecified atom stereocenters. The van der Waals surface area contributed by atoms with Crippen LogP contribution in [-0.2, 0) is 0 Å². The average Bonchev–Trinajstić information content (AvgIpc) is 2.39. The van der Waals surface area contributed by atoms with E-state index in [0.29, 0.717) is 17.3 Å². The first-order valence-electron chi connectivity index (χ1n) is 6.09. The molecular weight excluding hydrogens is 304 g/mol. The molecule has 1 heterocycles. The van der Waals surface area contributed by atoms with E-state index in [-0.39, 0.29) is 5.91 Å². The van der Waals surface area contributed by atoms with Crippen LogP contribution in [0.25, 0.3) is 0 Å². The van der Waals surface area contributed by atoms with Crippen molar-refractivity contribution in [2.75, 3.05) is 5.32 Å². The second kappa shape index (κ2) is 5.97. The van der Waals surface area contributed by atoms with E-state index in [2.05, 4.69) is 40.1 Å². The maximum Gasteiger partial charge on any atom is 0.256 e. The van der Waals surface area contributed by atoms with Crippen LogP contribution in [0.1, 0.15) is 35.7 Å². The molecule has 0 saturated heterocycles. The molecule has 19 heavy (non-hydrogen) atoms. The standard InChI is InChI=1S/C15H15BrN2O/c1-10(2)11-3-5-12(6-4-11)15(19)18-14-9-13(16)7-8-17-14/h3-10H,1-2H3,(H,17,18,19). The zero-order valence-corrected chi connectivity index (χ0v) is 12.4. The van der Waals surface area contributed by atoms with Gasteiger partial charge in [-0.25, -0.2) is 4.98 Å². The lowest BCUT2D eigenvalue weighted by molar-refractivity contribution is 0.102. The number of rotatable bonds is 3. The van der Waals surface area contributed by atoms with Crippen LogP contribution in [0.4, 0.5) is 5.82 Å². The van der Waals surface area contributed by atoms with E-state index in [1.165, 1.54) is 5.56 Å². The van der Waals surface area contributed by atoms with Crippen LogP contribution < -0.4 is 5.32 Å². The van der Waals surface area contributed by atoms with Gasteiger partial charge in [0.25, 0.3) is 5.91 Å². The molecule has 0 radical (unpaired) electrons. The number of anilines is 1. The van der Waals surface area contributed by atoms with Crippen molar-refractivity contribution in [3.05, 3.63) is 58.2 Å². The van der Waals surface area contributed by atoms with E-state index < -0.39 is 0 Å². The Labute approximate surface area is 121 Å². The minimum atomic E-state index is -0.152. The lowest BCUT2D eigenvalue weighted by atomic mass is 10.0. The number of hydrogen-bond acceptors (Lipinski definition) is 2. The Kier molecular flexibility index (Phi) is 4.32. The first kappa shape index (κ1) is 13.7. The summed E-state index contributed by atoms with van der Waals surface area (Å²) in [5.74, 6) is 0.845. The number of nitrogens with zero attached hydrogens (tertiary/aromatic N) is 1. The second-order valence-electron chi connectivity index (χ2n) is 4.59. The first-order valence-corrected chi connectivity index (χ1v) is 6.88. The van der Waals surface area contributed by atoms with E-state index >= 15 is 0 Å². The highest BCUT2D eigenvalue weighted by atomic mass is 79.9. The van der Waals surface area contributed by atoms with Crippen LogP contribution in [-0.4, -0.2) is 10.9 Å². The highest BCUT2D eigenvalue weighted by molar-refractivity contribution is 9.10. The molecular formula is C15H15BrN2O. The van der Waals surface area contributed by atoms with Gasteiger partial charge in [-0.05, 0) is 35.7 Å². The topological polar surface area (TPSA) is 42.0 Å². The molecule has 0 aliphatic heterocycles. The lowest BCUT2D eigenvalue weighted by Crippen LogP contribution is -2.12. The number of halogens is 1.